The van der Waals surface area contributed by atoms with Crippen molar-refractivity contribution in [3.05, 3.63) is 85.9 Å². The molecule has 0 bridgehead atoms. The van der Waals surface area contributed by atoms with Crippen molar-refractivity contribution in [2.24, 2.45) is 0 Å². The molecule has 0 aliphatic carbocycles. The van der Waals surface area contributed by atoms with Gasteiger partial charge in [-0.3, -0.25) is 19.7 Å². The SMILES string of the molecule is CCOc1cc(/C=C2\C(=O)NC(=O)N(c3cc(Cl)ccc3C)C2=O)cc(Br)c1OCC(=O)Nc1cccc(C)c1C. The van der Waals surface area contributed by atoms with Crippen LogP contribution in [-0.4, -0.2) is 37.0 Å². The van der Waals surface area contributed by atoms with Crippen LogP contribution in [0.1, 0.15) is 29.2 Å². The summed E-state index contributed by atoms with van der Waals surface area (Å²) in [4.78, 5) is 52.2. The highest BCUT2D eigenvalue weighted by atomic mass is 79.9. The largest absolute Gasteiger partial charge is 0.490 e. The van der Waals surface area contributed by atoms with Crippen molar-refractivity contribution >= 4 is 68.7 Å². The van der Waals surface area contributed by atoms with Crippen LogP contribution in [0.5, 0.6) is 11.5 Å². The second kappa shape index (κ2) is 12.6. The summed E-state index contributed by atoms with van der Waals surface area (Å²) in [6, 6.07) is 12.7. The van der Waals surface area contributed by atoms with Gasteiger partial charge in [-0.1, -0.05) is 29.8 Å². The first kappa shape index (κ1) is 29.8. The lowest BCUT2D eigenvalue weighted by atomic mass is 10.1. The molecule has 9 nitrogen and oxygen atoms in total. The average molecular weight is 641 g/mol. The molecule has 2 N–H and O–H groups in total. The molecule has 1 heterocycles. The van der Waals surface area contributed by atoms with E-state index in [1.807, 2.05) is 32.0 Å². The second-order valence-electron chi connectivity index (χ2n) is 9.24. The molecular formula is C30H27BrClN3O6. The number of ether oxygens (including phenoxy) is 2. The Morgan fingerprint density at radius 3 is 2.54 bits per heavy atom. The Bertz CT molecular complexity index is 1600. The van der Waals surface area contributed by atoms with E-state index in [-0.39, 0.29) is 41.9 Å². The Morgan fingerprint density at radius 1 is 1.05 bits per heavy atom. The Kier molecular flexibility index (Phi) is 9.14. The quantitative estimate of drug-likeness (QED) is 0.227. The summed E-state index contributed by atoms with van der Waals surface area (Å²) in [6.45, 7) is 7.38. The molecular weight excluding hydrogens is 614 g/mol. The number of amides is 5. The number of carbonyl (C=O) groups excluding carboxylic acids is 4. The summed E-state index contributed by atoms with van der Waals surface area (Å²) in [5.74, 6) is -1.44. The van der Waals surface area contributed by atoms with Gasteiger partial charge in [-0.15, -0.1) is 0 Å². The first-order valence-electron chi connectivity index (χ1n) is 12.6. The topological polar surface area (TPSA) is 114 Å². The van der Waals surface area contributed by atoms with Crippen molar-refractivity contribution in [1.82, 2.24) is 5.32 Å². The zero-order chi connectivity index (χ0) is 29.8. The highest BCUT2D eigenvalue weighted by molar-refractivity contribution is 9.10. The fourth-order valence-electron chi connectivity index (χ4n) is 4.15. The summed E-state index contributed by atoms with van der Waals surface area (Å²) in [5.41, 5.74) is 3.74. The number of nitrogens with zero attached hydrogens (tertiary/aromatic N) is 1. The van der Waals surface area contributed by atoms with Crippen molar-refractivity contribution < 1.29 is 28.7 Å². The van der Waals surface area contributed by atoms with Gasteiger partial charge in [0.15, 0.2) is 18.1 Å². The van der Waals surface area contributed by atoms with E-state index in [4.69, 9.17) is 21.1 Å². The van der Waals surface area contributed by atoms with E-state index in [0.29, 0.717) is 26.3 Å². The van der Waals surface area contributed by atoms with E-state index in [1.165, 1.54) is 12.1 Å². The predicted octanol–water partition coefficient (Wildman–Crippen LogP) is 6.11. The van der Waals surface area contributed by atoms with Crippen molar-refractivity contribution in [1.29, 1.82) is 0 Å². The third-order valence-electron chi connectivity index (χ3n) is 6.38. The molecule has 212 valence electrons. The second-order valence-corrected chi connectivity index (χ2v) is 10.5. The molecule has 0 saturated carbocycles. The van der Waals surface area contributed by atoms with Gasteiger partial charge in [0.05, 0.1) is 16.8 Å². The Balaban J connectivity index is 1.60. The van der Waals surface area contributed by atoms with Crippen LogP contribution in [-0.2, 0) is 14.4 Å². The number of urea groups is 1. The fraction of sp³-hybridized carbons (Fsp3) is 0.200. The molecule has 0 unspecified atom stereocenters. The van der Waals surface area contributed by atoms with Gasteiger partial charge in [-0.25, -0.2) is 9.69 Å². The number of imide groups is 2. The fourth-order valence-corrected chi connectivity index (χ4v) is 4.89. The van der Waals surface area contributed by atoms with Gasteiger partial charge < -0.3 is 14.8 Å². The lowest BCUT2D eigenvalue weighted by molar-refractivity contribution is -0.122. The molecule has 3 aromatic carbocycles. The van der Waals surface area contributed by atoms with E-state index >= 15 is 0 Å². The van der Waals surface area contributed by atoms with Gasteiger partial charge in [-0.05, 0) is 102 Å². The number of hydrogen-bond donors (Lipinski definition) is 2. The van der Waals surface area contributed by atoms with E-state index < -0.39 is 17.8 Å². The average Bonchev–Trinajstić information content (AvgIpc) is 2.91. The number of carbonyl (C=O) groups is 4. The van der Waals surface area contributed by atoms with Crippen LogP contribution in [0.2, 0.25) is 5.02 Å². The van der Waals surface area contributed by atoms with E-state index in [1.54, 1.807) is 38.1 Å². The monoisotopic (exact) mass is 639 g/mol. The minimum absolute atomic E-state index is 0.262. The standard InChI is InChI=1S/C30H27BrClN3O6/c1-5-40-25-13-19(12-22(31)27(25)41-15-26(36)33-23-8-6-7-16(2)18(23)4)11-21-28(37)34-30(39)35(29(21)38)24-14-20(32)10-9-17(24)3/h6-14H,5,15H2,1-4H3,(H,33,36)(H,34,37,39)/b21-11+. The number of hydrogen-bond acceptors (Lipinski definition) is 6. The zero-order valence-corrected chi connectivity index (χ0v) is 25.1. The third-order valence-corrected chi connectivity index (χ3v) is 7.21. The van der Waals surface area contributed by atoms with Crippen molar-refractivity contribution in [3.8, 4) is 11.5 Å². The number of benzene rings is 3. The highest BCUT2D eigenvalue weighted by Gasteiger charge is 2.37. The van der Waals surface area contributed by atoms with Gasteiger partial charge in [0.1, 0.15) is 5.57 Å². The summed E-state index contributed by atoms with van der Waals surface area (Å²) in [6.07, 6.45) is 1.35. The molecule has 0 aromatic heterocycles. The molecule has 1 aliphatic heterocycles. The van der Waals surface area contributed by atoms with Crippen LogP contribution in [0.4, 0.5) is 16.2 Å². The molecule has 1 saturated heterocycles. The lowest BCUT2D eigenvalue weighted by Crippen LogP contribution is -2.54. The van der Waals surface area contributed by atoms with Gasteiger partial charge in [0, 0.05) is 10.7 Å². The van der Waals surface area contributed by atoms with Crippen molar-refractivity contribution in [3.63, 3.8) is 0 Å². The summed E-state index contributed by atoms with van der Waals surface area (Å²) in [5, 5.41) is 5.38. The summed E-state index contributed by atoms with van der Waals surface area (Å²) in [7, 11) is 0. The van der Waals surface area contributed by atoms with E-state index in [9.17, 15) is 19.2 Å². The summed E-state index contributed by atoms with van der Waals surface area (Å²) >= 11 is 9.54. The predicted molar refractivity (Wildman–Crippen MR) is 161 cm³/mol. The third kappa shape index (κ3) is 6.61. The van der Waals surface area contributed by atoms with E-state index in [0.717, 1.165) is 16.0 Å². The van der Waals surface area contributed by atoms with Crippen molar-refractivity contribution in [2.75, 3.05) is 23.4 Å². The van der Waals surface area contributed by atoms with Gasteiger partial charge in [-0.2, -0.15) is 0 Å². The zero-order valence-electron chi connectivity index (χ0n) is 22.8. The first-order chi connectivity index (χ1) is 19.5. The smallest absolute Gasteiger partial charge is 0.335 e. The maximum Gasteiger partial charge on any atom is 0.335 e. The van der Waals surface area contributed by atoms with E-state index in [2.05, 4.69) is 26.6 Å². The molecule has 4 rings (SSSR count). The minimum atomic E-state index is -0.874. The van der Waals surface area contributed by atoms with Crippen LogP contribution in [0.15, 0.2) is 58.6 Å². The molecule has 0 radical (unpaired) electrons. The molecule has 1 aliphatic rings. The summed E-state index contributed by atoms with van der Waals surface area (Å²) < 4.78 is 12.0. The normalized spacial score (nSPS) is 14.2. The Labute approximate surface area is 250 Å². The number of rotatable bonds is 8. The minimum Gasteiger partial charge on any atom is -0.490 e. The van der Waals surface area contributed by atoms with Gasteiger partial charge in [0.2, 0.25) is 0 Å². The molecule has 0 atom stereocenters. The van der Waals surface area contributed by atoms with Crippen LogP contribution in [0, 0.1) is 20.8 Å². The molecule has 0 spiro atoms. The first-order valence-corrected chi connectivity index (χ1v) is 13.8. The van der Waals surface area contributed by atoms with Crippen LogP contribution in [0.25, 0.3) is 6.08 Å². The number of anilines is 2. The molecule has 3 aromatic rings. The Hall–Kier alpha value is -4.15. The van der Waals surface area contributed by atoms with Crippen molar-refractivity contribution in [2.45, 2.75) is 27.7 Å². The maximum atomic E-state index is 13.4. The number of nitrogens with one attached hydrogen (secondary N) is 2. The lowest BCUT2D eigenvalue weighted by Gasteiger charge is -2.27. The number of halogens is 2. The molecule has 41 heavy (non-hydrogen) atoms. The maximum absolute atomic E-state index is 13.4. The molecule has 11 heteroatoms. The number of aryl methyl sites for hydroxylation is 2. The number of barbiturate groups is 1. The van der Waals surface area contributed by atoms with Gasteiger partial charge in [0.25, 0.3) is 17.7 Å². The Morgan fingerprint density at radius 2 is 1.80 bits per heavy atom. The van der Waals surface area contributed by atoms with Crippen LogP contribution in [0.3, 0.4) is 0 Å². The van der Waals surface area contributed by atoms with Crippen LogP contribution >= 0.6 is 27.5 Å². The highest BCUT2D eigenvalue weighted by Crippen LogP contribution is 2.38. The molecule has 5 amide bonds. The molecule has 1 fully saturated rings. The van der Waals surface area contributed by atoms with Gasteiger partial charge >= 0.3 is 6.03 Å². The van der Waals surface area contributed by atoms with Crippen LogP contribution < -0.4 is 25.0 Å².